The first-order valence-corrected chi connectivity index (χ1v) is 10.2. The maximum absolute atomic E-state index is 12.9. The number of phenolic OH excluding ortho intramolecular Hbond substituents is 1. The second-order valence-corrected chi connectivity index (χ2v) is 8.24. The van der Waals surface area contributed by atoms with Crippen molar-refractivity contribution in [3.8, 4) is 5.75 Å². The Bertz CT molecular complexity index is 931. The third-order valence-corrected chi connectivity index (χ3v) is 4.55. The number of aryl methyl sites for hydroxylation is 1. The SMILES string of the molecule is CNc1c(O)ccc(CCN(Cc2ccc(C)nc2)C(=O)OC(C)(C)C)c1/C=C\C=O. The van der Waals surface area contributed by atoms with Gasteiger partial charge in [-0.3, -0.25) is 9.78 Å². The van der Waals surface area contributed by atoms with E-state index < -0.39 is 11.7 Å². The number of allylic oxidation sites excluding steroid dienone is 1. The molecular formula is C24H31N3O4. The van der Waals surface area contributed by atoms with Crippen molar-refractivity contribution < 1.29 is 19.4 Å². The van der Waals surface area contributed by atoms with Gasteiger partial charge in [-0.2, -0.15) is 0 Å². The monoisotopic (exact) mass is 425 g/mol. The third kappa shape index (κ3) is 7.13. The molecule has 0 radical (unpaired) electrons. The average Bonchev–Trinajstić information content (AvgIpc) is 2.70. The number of ether oxygens (including phenoxy) is 1. The summed E-state index contributed by atoms with van der Waals surface area (Å²) in [4.78, 5) is 29.6. The minimum absolute atomic E-state index is 0.0894. The molecule has 2 aromatic rings. The number of phenols is 1. The van der Waals surface area contributed by atoms with E-state index in [1.54, 1.807) is 36.4 Å². The summed E-state index contributed by atoms with van der Waals surface area (Å²) in [7, 11) is 1.70. The lowest BCUT2D eigenvalue weighted by molar-refractivity contribution is -0.104. The fourth-order valence-corrected chi connectivity index (χ4v) is 3.09. The van der Waals surface area contributed by atoms with Crippen molar-refractivity contribution in [2.45, 2.75) is 46.3 Å². The Morgan fingerprint density at radius 2 is 2.00 bits per heavy atom. The van der Waals surface area contributed by atoms with Crippen LogP contribution < -0.4 is 5.32 Å². The van der Waals surface area contributed by atoms with Gasteiger partial charge in [0.05, 0.1) is 12.2 Å². The summed E-state index contributed by atoms with van der Waals surface area (Å²) >= 11 is 0. The second-order valence-electron chi connectivity index (χ2n) is 8.24. The van der Waals surface area contributed by atoms with Gasteiger partial charge >= 0.3 is 6.09 Å². The van der Waals surface area contributed by atoms with Crippen molar-refractivity contribution >= 4 is 24.1 Å². The first-order valence-electron chi connectivity index (χ1n) is 10.2. The van der Waals surface area contributed by atoms with E-state index in [1.807, 2.05) is 39.8 Å². The van der Waals surface area contributed by atoms with Gasteiger partial charge in [-0.15, -0.1) is 0 Å². The molecule has 0 aliphatic carbocycles. The van der Waals surface area contributed by atoms with E-state index in [4.69, 9.17) is 4.74 Å². The predicted octanol–water partition coefficient (Wildman–Crippen LogP) is 4.33. The lowest BCUT2D eigenvalue weighted by Crippen LogP contribution is -2.37. The third-order valence-electron chi connectivity index (χ3n) is 4.55. The summed E-state index contributed by atoms with van der Waals surface area (Å²) < 4.78 is 5.60. The van der Waals surface area contributed by atoms with Gasteiger partial charge < -0.3 is 20.1 Å². The number of aromatic hydroxyl groups is 1. The molecule has 2 rings (SSSR count). The number of hydrogen-bond acceptors (Lipinski definition) is 6. The summed E-state index contributed by atoms with van der Waals surface area (Å²) in [5.74, 6) is 0.0894. The Morgan fingerprint density at radius 3 is 2.58 bits per heavy atom. The highest BCUT2D eigenvalue weighted by atomic mass is 16.6. The van der Waals surface area contributed by atoms with Crippen LogP contribution in [0.25, 0.3) is 6.08 Å². The Labute approximate surface area is 183 Å². The van der Waals surface area contributed by atoms with E-state index >= 15 is 0 Å². The molecule has 31 heavy (non-hydrogen) atoms. The zero-order chi connectivity index (χ0) is 23.0. The fraction of sp³-hybridized carbons (Fsp3) is 0.375. The molecule has 1 aromatic heterocycles. The van der Waals surface area contributed by atoms with E-state index in [0.717, 1.165) is 16.8 Å². The largest absolute Gasteiger partial charge is 0.506 e. The van der Waals surface area contributed by atoms with Crippen molar-refractivity contribution in [3.05, 3.63) is 58.9 Å². The standard InChI is InChI=1S/C24H31N3O4/c1-17-8-9-18(15-26-17)16-27(23(30)31-24(2,3)4)13-12-19-10-11-21(29)22(25-5)20(19)7-6-14-28/h6-11,14-15,25,29H,12-13,16H2,1-5H3/b7-6-. The summed E-state index contributed by atoms with van der Waals surface area (Å²) in [5.41, 5.74) is 3.31. The van der Waals surface area contributed by atoms with E-state index in [9.17, 15) is 14.7 Å². The van der Waals surface area contributed by atoms with Gasteiger partial charge in [0.1, 0.15) is 17.6 Å². The molecule has 0 bridgehead atoms. The highest BCUT2D eigenvalue weighted by molar-refractivity contribution is 5.81. The molecule has 0 spiro atoms. The Balaban J connectivity index is 2.30. The first-order chi connectivity index (χ1) is 14.6. The predicted molar refractivity (Wildman–Crippen MR) is 122 cm³/mol. The number of aldehydes is 1. The van der Waals surface area contributed by atoms with Gasteiger partial charge in [-0.25, -0.2) is 4.79 Å². The highest BCUT2D eigenvalue weighted by Crippen LogP contribution is 2.31. The van der Waals surface area contributed by atoms with Crippen molar-refractivity contribution in [2.75, 3.05) is 18.9 Å². The minimum atomic E-state index is -0.615. The van der Waals surface area contributed by atoms with Gasteiger partial charge in [-0.1, -0.05) is 12.1 Å². The zero-order valence-electron chi connectivity index (χ0n) is 18.8. The molecule has 0 aliphatic rings. The van der Waals surface area contributed by atoms with Crippen LogP contribution in [0.3, 0.4) is 0 Å². The summed E-state index contributed by atoms with van der Waals surface area (Å²) in [6.07, 6.45) is 5.56. The molecule has 2 N–H and O–H groups in total. The molecule has 0 saturated heterocycles. The summed E-state index contributed by atoms with van der Waals surface area (Å²) in [6.45, 7) is 8.15. The molecule has 0 atom stereocenters. The molecule has 1 aromatic carbocycles. The van der Waals surface area contributed by atoms with Crippen molar-refractivity contribution in [3.63, 3.8) is 0 Å². The number of carbonyl (C=O) groups excluding carboxylic acids is 2. The minimum Gasteiger partial charge on any atom is -0.506 e. The first kappa shape index (κ1) is 23.9. The van der Waals surface area contributed by atoms with Gasteiger partial charge in [0.25, 0.3) is 0 Å². The van der Waals surface area contributed by atoms with E-state index in [1.165, 1.54) is 6.08 Å². The Hall–Kier alpha value is -3.35. The quantitative estimate of drug-likeness (QED) is 0.372. The summed E-state index contributed by atoms with van der Waals surface area (Å²) in [6, 6.07) is 7.24. The molecule has 7 heteroatoms. The van der Waals surface area contributed by atoms with Crippen LogP contribution >= 0.6 is 0 Å². The number of pyridine rings is 1. The van der Waals surface area contributed by atoms with Crippen LogP contribution in [0.2, 0.25) is 0 Å². The van der Waals surface area contributed by atoms with Gasteiger partial charge in [0.15, 0.2) is 0 Å². The lowest BCUT2D eigenvalue weighted by atomic mass is 10.0. The number of anilines is 1. The van der Waals surface area contributed by atoms with Crippen LogP contribution in [0, 0.1) is 6.92 Å². The molecule has 1 amide bonds. The van der Waals surface area contributed by atoms with E-state index in [0.29, 0.717) is 37.0 Å². The van der Waals surface area contributed by atoms with Gasteiger partial charge in [-0.05, 0) is 69.5 Å². The van der Waals surface area contributed by atoms with Gasteiger partial charge in [0, 0.05) is 31.0 Å². The molecule has 0 fully saturated rings. The van der Waals surface area contributed by atoms with Gasteiger partial charge in [0.2, 0.25) is 0 Å². The lowest BCUT2D eigenvalue weighted by Gasteiger charge is -2.28. The molecule has 7 nitrogen and oxygen atoms in total. The molecular weight excluding hydrogens is 394 g/mol. The van der Waals surface area contributed by atoms with Crippen LogP contribution in [-0.4, -0.2) is 46.6 Å². The normalized spacial score (nSPS) is 11.4. The highest BCUT2D eigenvalue weighted by Gasteiger charge is 2.23. The Kier molecular flexibility index (Phi) is 8.19. The van der Waals surface area contributed by atoms with E-state index in [2.05, 4.69) is 10.3 Å². The molecule has 0 saturated carbocycles. The maximum Gasteiger partial charge on any atom is 0.410 e. The van der Waals surface area contributed by atoms with Crippen molar-refractivity contribution in [1.29, 1.82) is 0 Å². The molecule has 0 unspecified atom stereocenters. The van der Waals surface area contributed by atoms with Crippen LogP contribution in [0.15, 0.2) is 36.5 Å². The molecule has 0 aliphatic heterocycles. The number of benzene rings is 1. The van der Waals surface area contributed by atoms with Crippen LogP contribution in [0.5, 0.6) is 5.75 Å². The van der Waals surface area contributed by atoms with Crippen molar-refractivity contribution in [1.82, 2.24) is 9.88 Å². The molecule has 1 heterocycles. The zero-order valence-corrected chi connectivity index (χ0v) is 18.8. The molecule has 166 valence electrons. The summed E-state index contributed by atoms with van der Waals surface area (Å²) in [5, 5.41) is 13.1. The number of hydrogen-bond donors (Lipinski definition) is 2. The van der Waals surface area contributed by atoms with Crippen LogP contribution in [-0.2, 0) is 22.5 Å². The second kappa shape index (κ2) is 10.6. The van der Waals surface area contributed by atoms with Crippen LogP contribution in [0.4, 0.5) is 10.5 Å². The maximum atomic E-state index is 12.9. The smallest absolute Gasteiger partial charge is 0.410 e. The topological polar surface area (TPSA) is 91.8 Å². The average molecular weight is 426 g/mol. The number of nitrogens with zero attached hydrogens (tertiary/aromatic N) is 2. The van der Waals surface area contributed by atoms with Crippen LogP contribution in [0.1, 0.15) is 43.2 Å². The number of aromatic nitrogens is 1. The fourth-order valence-electron chi connectivity index (χ4n) is 3.09. The Morgan fingerprint density at radius 1 is 1.26 bits per heavy atom. The van der Waals surface area contributed by atoms with Crippen molar-refractivity contribution in [2.24, 2.45) is 0 Å². The number of carbonyl (C=O) groups is 2. The number of amides is 1. The number of nitrogens with one attached hydrogen (secondary N) is 1. The van der Waals surface area contributed by atoms with E-state index in [-0.39, 0.29) is 5.75 Å². The number of rotatable bonds is 8.